The van der Waals surface area contributed by atoms with Gasteiger partial charge in [0.25, 0.3) is 11.7 Å². The Kier molecular flexibility index (Phi) is 20.1. The third-order valence-electron chi connectivity index (χ3n) is 15.1. The predicted octanol–water partition coefficient (Wildman–Crippen LogP) is 5.17. The summed E-state index contributed by atoms with van der Waals surface area (Å²) in [5.41, 5.74) is 1.28. The van der Waals surface area contributed by atoms with E-state index in [1.165, 1.54) is 12.0 Å². The third kappa shape index (κ3) is 13.0. The predicted molar refractivity (Wildman–Crippen MR) is 245 cm³/mol. The van der Waals surface area contributed by atoms with Crippen LogP contribution < -0.4 is 0 Å². The van der Waals surface area contributed by atoms with E-state index in [9.17, 15) is 39.3 Å². The number of amides is 1. The number of allylic oxidation sites excluding steroid dienone is 6. The summed E-state index contributed by atoms with van der Waals surface area (Å²) in [6.45, 7) is 8.93. The highest BCUT2D eigenvalue weighted by Gasteiger charge is 2.55. The smallest absolute Gasteiger partial charge is 0.329 e. The van der Waals surface area contributed by atoms with Gasteiger partial charge in [-0.2, -0.15) is 0 Å². The molecule has 4 fully saturated rings. The maximum absolute atomic E-state index is 14.3. The summed E-state index contributed by atoms with van der Waals surface area (Å²) in [5, 5.41) is 32.8. The molecular weight excluding hydrogens is 851 g/mol. The number of nitrogens with zero attached hydrogens (tertiary/aromatic N) is 1. The van der Waals surface area contributed by atoms with Crippen LogP contribution in [0.1, 0.15) is 112 Å². The molecule has 3 N–H and O–H groups in total. The van der Waals surface area contributed by atoms with Gasteiger partial charge in [0.05, 0.1) is 37.6 Å². The number of carbonyl (C=O) groups is 5. The highest BCUT2D eigenvalue weighted by Crippen LogP contribution is 2.44. The molecule has 0 aromatic heterocycles. The zero-order valence-electron chi connectivity index (χ0n) is 40.4. The lowest BCUT2D eigenvalue weighted by Crippen LogP contribution is -2.61. The van der Waals surface area contributed by atoms with Crippen LogP contribution in [0.15, 0.2) is 47.6 Å². The minimum atomic E-state index is -2.43. The molecule has 5 aliphatic rings. The molecule has 0 aromatic rings. The number of esters is 1. The van der Waals surface area contributed by atoms with Gasteiger partial charge in [0, 0.05) is 58.5 Å². The Labute approximate surface area is 391 Å². The molecule has 15 atom stereocenters. The fraction of sp³-hybridized carbons (Fsp3) is 0.745. The first-order valence-electron chi connectivity index (χ1n) is 24.2. The van der Waals surface area contributed by atoms with Crippen LogP contribution in [-0.2, 0) is 52.4 Å². The molecule has 5 bridgehead atoms. The van der Waals surface area contributed by atoms with Gasteiger partial charge in [-0.25, -0.2) is 4.79 Å². The average Bonchev–Trinajstić information content (AvgIpc) is 3.39. The summed E-state index contributed by atoms with van der Waals surface area (Å²) in [4.78, 5) is 71.9. The highest BCUT2D eigenvalue weighted by molar-refractivity contribution is 6.39. The van der Waals surface area contributed by atoms with E-state index in [0.717, 1.165) is 12.0 Å². The number of hydrogen-bond acceptors (Lipinski definition) is 14. The Morgan fingerprint density at radius 2 is 1.61 bits per heavy atom. The molecular formula is C51H77NO14. The molecule has 8 unspecified atom stereocenters. The number of Topliss-reactive ketones (excluding diaryl/α,β-unsaturated/α-hetero) is 3. The van der Waals surface area contributed by atoms with Crippen LogP contribution >= 0.6 is 0 Å². The van der Waals surface area contributed by atoms with Gasteiger partial charge in [-0.3, -0.25) is 19.2 Å². The molecule has 3 saturated heterocycles. The first-order chi connectivity index (χ1) is 31.5. The number of rotatable bonds is 8. The van der Waals surface area contributed by atoms with Crippen LogP contribution in [0.4, 0.5) is 0 Å². The molecule has 1 amide bonds. The van der Waals surface area contributed by atoms with Gasteiger partial charge in [-0.05, 0) is 107 Å². The second-order valence-corrected chi connectivity index (χ2v) is 19.5. The van der Waals surface area contributed by atoms with Crippen molar-refractivity contribution >= 4 is 29.2 Å². The summed E-state index contributed by atoms with van der Waals surface area (Å²) in [6, 6.07) is -1.12. The molecule has 1 saturated carbocycles. The molecule has 5 rings (SSSR count). The number of fused-ring (bicyclic) bond motifs is 5. The van der Waals surface area contributed by atoms with Crippen molar-refractivity contribution in [1.29, 1.82) is 0 Å². The van der Waals surface area contributed by atoms with E-state index in [1.54, 1.807) is 41.1 Å². The first kappa shape index (κ1) is 53.5. The lowest BCUT2D eigenvalue weighted by molar-refractivity contribution is -0.265. The molecule has 0 radical (unpaired) electrons. The zero-order valence-corrected chi connectivity index (χ0v) is 40.4. The molecule has 0 aromatic carbocycles. The van der Waals surface area contributed by atoms with E-state index >= 15 is 0 Å². The standard InChI is InChI=1S/C51H77NO14/c1-30-14-12-10-9-11-13-15-31(2)45(55)47(63-8)46(56)33(4)24-32(3)40(54)29-43-38(25-35-17-19-41(64-23-22-53)44(26-35)62-7)36-20-21-52(39(27-36)50(59)65-43)49(58)48(57)51(60)34(5)16-18-37(66-51)28-42(30)61-6/h9-12,14,24,31-32,34-39,41-44,46-47,53,56,60H,13,15-23,25-29H2,1-8H3/b11-9+,12-10+,30-14+,33-24+/t31?,32-,34?,35?,36?,37+,38+,39?,41-,42+,43+,44?,46-,47?,51?/m1/s1. The highest BCUT2D eigenvalue weighted by atomic mass is 16.6. The number of aliphatic hydroxyl groups excluding tert-OH is 2. The number of ether oxygens (including phenoxy) is 6. The Balaban J connectivity index is 1.48. The Morgan fingerprint density at radius 3 is 2.30 bits per heavy atom. The fourth-order valence-electron chi connectivity index (χ4n) is 10.9. The molecule has 15 heteroatoms. The van der Waals surface area contributed by atoms with E-state index in [0.29, 0.717) is 63.4 Å². The molecule has 4 heterocycles. The van der Waals surface area contributed by atoms with E-state index in [2.05, 4.69) is 0 Å². The van der Waals surface area contributed by atoms with Crippen molar-refractivity contribution in [2.24, 2.45) is 35.5 Å². The average molecular weight is 928 g/mol. The number of aliphatic hydroxyl groups is 3. The Hall–Kier alpha value is -3.41. The topological polar surface area (TPSA) is 205 Å². The maximum atomic E-state index is 14.3. The van der Waals surface area contributed by atoms with Crippen molar-refractivity contribution in [2.45, 2.75) is 166 Å². The number of piperidine rings is 1. The summed E-state index contributed by atoms with van der Waals surface area (Å²) in [5.74, 6) is -7.94. The number of hydrogen-bond donors (Lipinski definition) is 3. The van der Waals surface area contributed by atoms with E-state index < -0.39 is 77.8 Å². The van der Waals surface area contributed by atoms with Crippen LogP contribution in [0.2, 0.25) is 0 Å². The first-order valence-corrected chi connectivity index (χ1v) is 24.2. The largest absolute Gasteiger partial charge is 0.460 e. The van der Waals surface area contributed by atoms with E-state index in [-0.39, 0.29) is 74.1 Å². The van der Waals surface area contributed by atoms with Crippen molar-refractivity contribution in [3.05, 3.63) is 47.6 Å². The Bertz CT molecular complexity index is 1810. The summed E-state index contributed by atoms with van der Waals surface area (Å²) < 4.78 is 35.6. The quantitative estimate of drug-likeness (QED) is 0.163. The Morgan fingerprint density at radius 1 is 0.848 bits per heavy atom. The van der Waals surface area contributed by atoms with Gasteiger partial charge in [-0.1, -0.05) is 57.2 Å². The van der Waals surface area contributed by atoms with Gasteiger partial charge in [0.2, 0.25) is 5.79 Å². The van der Waals surface area contributed by atoms with E-state index in [4.69, 9.17) is 28.4 Å². The van der Waals surface area contributed by atoms with Crippen LogP contribution in [-0.4, -0.2) is 145 Å². The van der Waals surface area contributed by atoms with Gasteiger partial charge in [0.1, 0.15) is 30.1 Å². The van der Waals surface area contributed by atoms with E-state index in [1.807, 2.05) is 44.2 Å². The molecule has 0 spiro atoms. The monoisotopic (exact) mass is 928 g/mol. The van der Waals surface area contributed by atoms with Crippen molar-refractivity contribution in [3.8, 4) is 0 Å². The van der Waals surface area contributed by atoms with Crippen LogP contribution in [0.5, 0.6) is 0 Å². The van der Waals surface area contributed by atoms with Crippen molar-refractivity contribution in [1.82, 2.24) is 4.90 Å². The van der Waals surface area contributed by atoms with Crippen LogP contribution in [0, 0.1) is 35.5 Å². The molecule has 66 heavy (non-hydrogen) atoms. The molecule has 1 aliphatic carbocycles. The number of methoxy groups -OCH3 is 3. The fourth-order valence-corrected chi connectivity index (χ4v) is 10.9. The third-order valence-corrected chi connectivity index (χ3v) is 15.1. The van der Waals surface area contributed by atoms with Gasteiger partial charge >= 0.3 is 5.97 Å². The molecule has 370 valence electrons. The minimum Gasteiger partial charge on any atom is -0.460 e. The molecule has 4 aliphatic heterocycles. The summed E-state index contributed by atoms with van der Waals surface area (Å²) >= 11 is 0. The second kappa shape index (κ2) is 24.7. The lowest BCUT2D eigenvalue weighted by Gasteiger charge is -2.43. The van der Waals surface area contributed by atoms with Crippen molar-refractivity contribution < 1.29 is 67.7 Å². The minimum absolute atomic E-state index is 0.0647. The number of ketones is 3. The lowest BCUT2D eigenvalue weighted by atomic mass is 9.71. The zero-order chi connectivity index (χ0) is 48.3. The SMILES string of the molecule is COC1C(=O)C(C)CC/C=C/C=C/C=C(\C)[C@@H](OC)C[C@@H]2CCC(C)C(O)(O2)C(=O)C(=O)N2CCC3CC2C(=O)O[C@@H](CC(=O)[C@H](C)/C=C(\C)[C@H]1O)[C@H]3CC1CC[C@@H](OCCO)C(OC)C1. The van der Waals surface area contributed by atoms with Gasteiger partial charge < -0.3 is 48.6 Å². The van der Waals surface area contributed by atoms with Gasteiger partial charge in [0.15, 0.2) is 5.78 Å². The second-order valence-electron chi connectivity index (χ2n) is 19.5. The van der Waals surface area contributed by atoms with Crippen molar-refractivity contribution in [2.75, 3.05) is 41.1 Å². The van der Waals surface area contributed by atoms with Crippen LogP contribution in [0.3, 0.4) is 0 Å². The normalized spacial score (nSPS) is 41.1. The summed E-state index contributed by atoms with van der Waals surface area (Å²) in [7, 11) is 4.59. The number of carbonyl (C=O) groups excluding carboxylic acids is 5. The summed E-state index contributed by atoms with van der Waals surface area (Å²) in [6.07, 6.45) is 12.1. The molecule has 15 nitrogen and oxygen atoms in total. The van der Waals surface area contributed by atoms with Crippen LogP contribution in [0.25, 0.3) is 0 Å². The maximum Gasteiger partial charge on any atom is 0.329 e. The van der Waals surface area contributed by atoms with Gasteiger partial charge in [-0.15, -0.1) is 0 Å². The van der Waals surface area contributed by atoms with Crippen molar-refractivity contribution in [3.63, 3.8) is 0 Å².